The van der Waals surface area contributed by atoms with Gasteiger partial charge in [-0.3, -0.25) is 9.59 Å². The van der Waals surface area contributed by atoms with Crippen LogP contribution in [0.2, 0.25) is 0 Å². The molecule has 0 radical (unpaired) electrons. The van der Waals surface area contributed by atoms with Gasteiger partial charge in [0.1, 0.15) is 0 Å². The summed E-state index contributed by atoms with van der Waals surface area (Å²) in [6, 6.07) is 6.93. The summed E-state index contributed by atoms with van der Waals surface area (Å²) in [5, 5.41) is 10.1. The number of hydrogen-bond donors (Lipinski definition) is 2. The number of nitrogens with zero attached hydrogens (tertiary/aromatic N) is 1. The van der Waals surface area contributed by atoms with Gasteiger partial charge >= 0.3 is 0 Å². The Morgan fingerprint density at radius 2 is 2.10 bits per heavy atom. The Labute approximate surface area is 115 Å². The normalized spacial score (nSPS) is 16.6. The minimum absolute atomic E-state index is 0.00630. The van der Waals surface area contributed by atoms with Gasteiger partial charge in [0.05, 0.1) is 18.6 Å². The molecule has 20 heavy (non-hydrogen) atoms. The number of fused-ring (bicyclic) bond motifs is 1. The van der Waals surface area contributed by atoms with Crippen LogP contribution >= 0.6 is 0 Å². The van der Waals surface area contributed by atoms with Gasteiger partial charge in [-0.05, 0) is 6.07 Å². The van der Waals surface area contributed by atoms with Crippen LogP contribution in [0.15, 0.2) is 29.1 Å². The lowest BCUT2D eigenvalue weighted by Gasteiger charge is -2.37. The second-order valence-electron chi connectivity index (χ2n) is 5.43. The molecule has 0 unspecified atom stereocenters. The van der Waals surface area contributed by atoms with E-state index < -0.39 is 0 Å². The second kappa shape index (κ2) is 4.72. The van der Waals surface area contributed by atoms with E-state index in [2.05, 4.69) is 22.4 Å². The summed E-state index contributed by atoms with van der Waals surface area (Å²) in [6.07, 6.45) is 0. The predicted octanol–water partition coefficient (Wildman–Crippen LogP) is 0.689. The first kappa shape index (κ1) is 12.8. The van der Waals surface area contributed by atoms with Crippen LogP contribution in [0.5, 0.6) is 0 Å². The van der Waals surface area contributed by atoms with Gasteiger partial charge in [-0.2, -0.15) is 5.10 Å². The van der Waals surface area contributed by atoms with Crippen LogP contribution in [0.4, 0.5) is 0 Å². The van der Waals surface area contributed by atoms with E-state index in [4.69, 9.17) is 4.74 Å². The lowest BCUT2D eigenvalue weighted by molar-refractivity contribution is -0.0978. The summed E-state index contributed by atoms with van der Waals surface area (Å²) in [4.78, 5) is 23.9. The Hall–Kier alpha value is -2.21. The van der Waals surface area contributed by atoms with Crippen molar-refractivity contribution < 1.29 is 9.53 Å². The van der Waals surface area contributed by atoms with Crippen molar-refractivity contribution in [2.24, 2.45) is 5.41 Å². The summed E-state index contributed by atoms with van der Waals surface area (Å²) in [6.45, 7) is 3.87. The Bertz CT molecular complexity index is 719. The van der Waals surface area contributed by atoms with Crippen LogP contribution in [0.25, 0.3) is 10.8 Å². The molecule has 0 aliphatic carbocycles. The summed E-state index contributed by atoms with van der Waals surface area (Å²) in [7, 11) is 0. The lowest BCUT2D eigenvalue weighted by Crippen LogP contribution is -2.48. The molecule has 1 aliphatic rings. The fourth-order valence-electron chi connectivity index (χ4n) is 2.22. The van der Waals surface area contributed by atoms with Crippen molar-refractivity contribution in [2.45, 2.75) is 6.92 Å². The van der Waals surface area contributed by atoms with Gasteiger partial charge in [-0.25, -0.2) is 5.10 Å². The van der Waals surface area contributed by atoms with Crippen LogP contribution in [0, 0.1) is 5.41 Å². The molecule has 1 saturated heterocycles. The van der Waals surface area contributed by atoms with Crippen molar-refractivity contribution in [1.82, 2.24) is 15.5 Å². The number of aromatic nitrogens is 2. The van der Waals surface area contributed by atoms with Gasteiger partial charge in [0.2, 0.25) is 0 Å². The highest BCUT2D eigenvalue weighted by Gasteiger charge is 2.33. The number of H-pyrrole nitrogens is 1. The third-order valence-corrected chi connectivity index (χ3v) is 3.49. The van der Waals surface area contributed by atoms with Gasteiger partial charge in [0.15, 0.2) is 5.69 Å². The molecule has 6 heteroatoms. The van der Waals surface area contributed by atoms with Gasteiger partial charge in [-0.15, -0.1) is 0 Å². The molecular formula is C14H15N3O3. The van der Waals surface area contributed by atoms with E-state index in [1.807, 2.05) is 0 Å². The molecule has 1 aromatic carbocycles. The maximum Gasteiger partial charge on any atom is 0.272 e. The van der Waals surface area contributed by atoms with Crippen LogP contribution in [-0.4, -0.2) is 35.9 Å². The molecule has 1 amide bonds. The van der Waals surface area contributed by atoms with Gasteiger partial charge in [-0.1, -0.05) is 25.1 Å². The average molecular weight is 273 g/mol. The Kier molecular flexibility index (Phi) is 3.02. The topological polar surface area (TPSA) is 84.1 Å². The third kappa shape index (κ3) is 2.18. The number of nitrogens with one attached hydrogen (secondary N) is 2. The molecule has 104 valence electrons. The van der Waals surface area contributed by atoms with Crippen molar-refractivity contribution in [3.63, 3.8) is 0 Å². The number of carbonyl (C=O) groups is 1. The molecule has 1 fully saturated rings. The second-order valence-corrected chi connectivity index (χ2v) is 5.43. The predicted molar refractivity (Wildman–Crippen MR) is 73.6 cm³/mol. The Balaban J connectivity index is 1.88. The number of hydrogen-bond acceptors (Lipinski definition) is 4. The molecule has 6 nitrogen and oxygen atoms in total. The molecule has 0 bridgehead atoms. The highest BCUT2D eigenvalue weighted by Crippen LogP contribution is 2.25. The number of ether oxygens (including phenoxy) is 1. The maximum absolute atomic E-state index is 12.2. The van der Waals surface area contributed by atoms with E-state index in [0.717, 1.165) is 0 Å². The molecule has 3 rings (SSSR count). The first-order valence-electron chi connectivity index (χ1n) is 6.42. The minimum Gasteiger partial charge on any atom is -0.380 e. The standard InChI is InChI=1S/C14H15N3O3/c1-14(7-20-8-14)6-15-13(19)11-9-4-2-3-5-10(9)12(18)17-16-11/h2-5H,6-8H2,1H3,(H,15,19)(H,17,18). The molecule has 2 heterocycles. The van der Waals surface area contributed by atoms with Crippen molar-refractivity contribution in [1.29, 1.82) is 0 Å². The number of aromatic amines is 1. The van der Waals surface area contributed by atoms with Crippen molar-refractivity contribution >= 4 is 16.7 Å². The van der Waals surface area contributed by atoms with Crippen molar-refractivity contribution in [3.8, 4) is 0 Å². The lowest BCUT2D eigenvalue weighted by atomic mass is 9.89. The van der Waals surface area contributed by atoms with Crippen LogP contribution in [0.1, 0.15) is 17.4 Å². The van der Waals surface area contributed by atoms with Gasteiger partial charge in [0, 0.05) is 17.3 Å². The summed E-state index contributed by atoms with van der Waals surface area (Å²) >= 11 is 0. The minimum atomic E-state index is -0.295. The largest absolute Gasteiger partial charge is 0.380 e. The maximum atomic E-state index is 12.2. The van der Waals surface area contributed by atoms with Crippen LogP contribution in [-0.2, 0) is 4.74 Å². The molecule has 2 aromatic rings. The monoisotopic (exact) mass is 273 g/mol. The first-order valence-corrected chi connectivity index (χ1v) is 6.42. The SMILES string of the molecule is CC1(CNC(=O)c2n[nH]c(=O)c3ccccc23)COC1. The molecule has 1 aromatic heterocycles. The molecule has 2 N–H and O–H groups in total. The smallest absolute Gasteiger partial charge is 0.272 e. The number of rotatable bonds is 3. The Morgan fingerprint density at radius 3 is 2.75 bits per heavy atom. The molecular weight excluding hydrogens is 258 g/mol. The van der Waals surface area contributed by atoms with E-state index >= 15 is 0 Å². The fourth-order valence-corrected chi connectivity index (χ4v) is 2.22. The first-order chi connectivity index (χ1) is 9.59. The van der Waals surface area contributed by atoms with E-state index in [-0.39, 0.29) is 22.6 Å². The van der Waals surface area contributed by atoms with Gasteiger partial charge < -0.3 is 10.1 Å². The average Bonchev–Trinajstić information content (AvgIpc) is 2.43. The van der Waals surface area contributed by atoms with Gasteiger partial charge in [0.25, 0.3) is 11.5 Å². The summed E-state index contributed by atoms with van der Waals surface area (Å²) < 4.78 is 5.15. The van der Waals surface area contributed by atoms with E-state index in [0.29, 0.717) is 30.5 Å². The van der Waals surface area contributed by atoms with Crippen LogP contribution in [0.3, 0.4) is 0 Å². The highest BCUT2D eigenvalue weighted by molar-refractivity contribution is 6.04. The summed E-state index contributed by atoms with van der Waals surface area (Å²) in [5.41, 5.74) is -0.0613. The number of benzene rings is 1. The zero-order chi connectivity index (χ0) is 14.2. The highest BCUT2D eigenvalue weighted by atomic mass is 16.5. The zero-order valence-corrected chi connectivity index (χ0v) is 11.1. The molecule has 0 atom stereocenters. The van der Waals surface area contributed by atoms with Crippen molar-refractivity contribution in [2.75, 3.05) is 19.8 Å². The quantitative estimate of drug-likeness (QED) is 0.861. The van der Waals surface area contributed by atoms with Crippen LogP contribution < -0.4 is 10.9 Å². The van der Waals surface area contributed by atoms with E-state index in [1.165, 1.54) is 0 Å². The Morgan fingerprint density at radius 1 is 1.40 bits per heavy atom. The number of amides is 1. The fraction of sp³-hybridized carbons (Fsp3) is 0.357. The van der Waals surface area contributed by atoms with E-state index in [9.17, 15) is 9.59 Å². The van der Waals surface area contributed by atoms with E-state index in [1.54, 1.807) is 24.3 Å². The van der Waals surface area contributed by atoms with Crippen molar-refractivity contribution in [3.05, 3.63) is 40.3 Å². The molecule has 0 saturated carbocycles. The zero-order valence-electron chi connectivity index (χ0n) is 11.1. The third-order valence-electron chi connectivity index (χ3n) is 3.49. The molecule has 1 aliphatic heterocycles. The summed E-state index contributed by atoms with van der Waals surface area (Å²) in [5.74, 6) is -0.287. The number of carbonyl (C=O) groups excluding carboxylic acids is 1. The molecule has 0 spiro atoms.